The first-order chi connectivity index (χ1) is 12.4. The zero-order valence-electron chi connectivity index (χ0n) is 15.0. The van der Waals surface area contributed by atoms with Crippen molar-refractivity contribution in [3.63, 3.8) is 0 Å². The molecule has 1 saturated carbocycles. The van der Waals surface area contributed by atoms with Gasteiger partial charge in [0.25, 0.3) is 0 Å². The van der Waals surface area contributed by atoms with Crippen LogP contribution in [0.4, 0.5) is 4.39 Å². The first-order valence-electron chi connectivity index (χ1n) is 9.29. The van der Waals surface area contributed by atoms with Crippen molar-refractivity contribution in [2.75, 3.05) is 0 Å². The Labute approximate surface area is 154 Å². The second-order valence-electron chi connectivity index (χ2n) is 7.70. The van der Waals surface area contributed by atoms with Crippen LogP contribution in [-0.4, -0.2) is 18.3 Å². The molecule has 4 rings (SSSR count). The number of benzene rings is 2. The SMILES string of the molecule is C[C@H]1CC2(CCCC2)N(S(=O)(=O)c2ccc(F)cc2)Cc2ccccc21. The van der Waals surface area contributed by atoms with E-state index in [0.29, 0.717) is 12.5 Å². The summed E-state index contributed by atoms with van der Waals surface area (Å²) in [5.74, 6) is -0.105. The molecule has 1 aliphatic carbocycles. The molecular formula is C21H24FNO2S. The third kappa shape index (κ3) is 2.87. The largest absolute Gasteiger partial charge is 0.243 e. The molecule has 1 aliphatic heterocycles. The van der Waals surface area contributed by atoms with Crippen LogP contribution in [-0.2, 0) is 16.6 Å². The maximum Gasteiger partial charge on any atom is 0.243 e. The minimum Gasteiger partial charge on any atom is -0.207 e. The summed E-state index contributed by atoms with van der Waals surface area (Å²) >= 11 is 0. The van der Waals surface area contributed by atoms with E-state index in [1.54, 1.807) is 4.31 Å². The van der Waals surface area contributed by atoms with E-state index in [1.165, 1.54) is 29.8 Å². The molecule has 1 heterocycles. The van der Waals surface area contributed by atoms with Gasteiger partial charge in [0.1, 0.15) is 5.82 Å². The molecule has 1 fully saturated rings. The summed E-state index contributed by atoms with van der Waals surface area (Å²) in [6.45, 7) is 2.59. The van der Waals surface area contributed by atoms with E-state index in [9.17, 15) is 12.8 Å². The zero-order chi connectivity index (χ0) is 18.4. The molecular weight excluding hydrogens is 349 g/mol. The predicted molar refractivity (Wildman–Crippen MR) is 99.8 cm³/mol. The van der Waals surface area contributed by atoms with E-state index in [2.05, 4.69) is 13.0 Å². The molecule has 2 aliphatic rings. The lowest BCUT2D eigenvalue weighted by Crippen LogP contribution is -2.49. The Morgan fingerprint density at radius 3 is 2.38 bits per heavy atom. The molecule has 2 aromatic carbocycles. The van der Waals surface area contributed by atoms with Gasteiger partial charge in [-0.15, -0.1) is 0 Å². The van der Waals surface area contributed by atoms with Gasteiger partial charge >= 0.3 is 0 Å². The van der Waals surface area contributed by atoms with Gasteiger partial charge in [0.2, 0.25) is 10.0 Å². The van der Waals surface area contributed by atoms with E-state index >= 15 is 0 Å². The summed E-state index contributed by atoms with van der Waals surface area (Å²) in [5, 5.41) is 0. The van der Waals surface area contributed by atoms with Crippen LogP contribution in [0.1, 0.15) is 56.1 Å². The number of hydrogen-bond donors (Lipinski definition) is 0. The highest BCUT2D eigenvalue weighted by Gasteiger charge is 2.48. The molecule has 0 aromatic heterocycles. The minimum absolute atomic E-state index is 0.178. The Hall–Kier alpha value is -1.72. The van der Waals surface area contributed by atoms with Crippen LogP contribution in [0.3, 0.4) is 0 Å². The minimum atomic E-state index is -3.69. The van der Waals surface area contributed by atoms with Gasteiger partial charge < -0.3 is 0 Å². The van der Waals surface area contributed by atoms with E-state index in [4.69, 9.17) is 0 Å². The molecule has 0 N–H and O–H groups in total. The van der Waals surface area contributed by atoms with E-state index in [-0.39, 0.29) is 10.4 Å². The van der Waals surface area contributed by atoms with Crippen LogP contribution in [0, 0.1) is 5.82 Å². The number of sulfonamides is 1. The van der Waals surface area contributed by atoms with E-state index in [0.717, 1.165) is 37.7 Å². The van der Waals surface area contributed by atoms with Crippen molar-refractivity contribution in [2.24, 2.45) is 0 Å². The lowest BCUT2D eigenvalue weighted by molar-refractivity contribution is 0.169. The number of rotatable bonds is 2. The molecule has 26 heavy (non-hydrogen) atoms. The fraction of sp³-hybridized carbons (Fsp3) is 0.429. The molecule has 0 bridgehead atoms. The normalized spacial score (nSPS) is 22.9. The highest BCUT2D eigenvalue weighted by atomic mass is 32.2. The maximum absolute atomic E-state index is 13.5. The van der Waals surface area contributed by atoms with Crippen molar-refractivity contribution in [1.82, 2.24) is 4.31 Å². The smallest absolute Gasteiger partial charge is 0.207 e. The van der Waals surface area contributed by atoms with Crippen molar-refractivity contribution in [1.29, 1.82) is 0 Å². The third-order valence-corrected chi connectivity index (χ3v) is 8.02. The Balaban J connectivity index is 1.84. The highest BCUT2D eigenvalue weighted by molar-refractivity contribution is 7.89. The van der Waals surface area contributed by atoms with E-state index in [1.807, 2.05) is 18.2 Å². The zero-order valence-corrected chi connectivity index (χ0v) is 15.8. The molecule has 1 atom stereocenters. The first kappa shape index (κ1) is 17.7. The fourth-order valence-corrected chi connectivity index (χ4v) is 6.63. The first-order valence-corrected chi connectivity index (χ1v) is 10.7. The number of hydrogen-bond acceptors (Lipinski definition) is 2. The molecule has 138 valence electrons. The molecule has 1 spiro atoms. The average Bonchev–Trinajstić information content (AvgIpc) is 3.04. The molecule has 0 radical (unpaired) electrons. The number of nitrogens with zero attached hydrogens (tertiary/aromatic N) is 1. The second-order valence-corrected chi connectivity index (χ2v) is 9.56. The van der Waals surface area contributed by atoms with Gasteiger partial charge in [-0.2, -0.15) is 4.31 Å². The van der Waals surface area contributed by atoms with Crippen molar-refractivity contribution < 1.29 is 12.8 Å². The molecule has 2 aromatic rings. The average molecular weight is 373 g/mol. The van der Waals surface area contributed by atoms with Gasteiger partial charge in [0.05, 0.1) is 4.90 Å². The molecule has 0 unspecified atom stereocenters. The van der Waals surface area contributed by atoms with Crippen molar-refractivity contribution >= 4 is 10.0 Å². The standard InChI is InChI=1S/C21H24FNO2S/c1-16-14-21(12-4-5-13-21)23(15-17-6-2-3-7-20(16)17)26(24,25)19-10-8-18(22)9-11-19/h2-3,6-11,16H,4-5,12-15H2,1H3/t16-/m0/s1. The molecule has 0 amide bonds. The lowest BCUT2D eigenvalue weighted by Gasteiger charge is -2.40. The Morgan fingerprint density at radius 1 is 1.04 bits per heavy atom. The highest BCUT2D eigenvalue weighted by Crippen LogP contribution is 2.48. The summed E-state index contributed by atoms with van der Waals surface area (Å²) in [5.41, 5.74) is 1.98. The van der Waals surface area contributed by atoms with Crippen LogP contribution < -0.4 is 0 Å². The predicted octanol–water partition coefficient (Wildman–Crippen LogP) is 4.84. The second kappa shape index (κ2) is 6.46. The number of halogens is 1. The third-order valence-electron chi connectivity index (χ3n) is 6.05. The van der Waals surface area contributed by atoms with Gasteiger partial charge in [-0.25, -0.2) is 12.8 Å². The van der Waals surface area contributed by atoms with Crippen LogP contribution in [0.2, 0.25) is 0 Å². The summed E-state index contributed by atoms with van der Waals surface area (Å²) in [6.07, 6.45) is 4.74. The van der Waals surface area contributed by atoms with Gasteiger partial charge in [0, 0.05) is 12.1 Å². The summed E-state index contributed by atoms with van der Waals surface area (Å²) < 4.78 is 42.1. The quantitative estimate of drug-likeness (QED) is 0.756. The molecule has 0 saturated heterocycles. The summed E-state index contributed by atoms with van der Waals surface area (Å²) in [4.78, 5) is 0.178. The number of fused-ring (bicyclic) bond motifs is 1. The van der Waals surface area contributed by atoms with Gasteiger partial charge in [-0.05, 0) is 60.6 Å². The monoisotopic (exact) mass is 373 g/mol. The Morgan fingerprint density at radius 2 is 1.69 bits per heavy atom. The lowest BCUT2D eigenvalue weighted by atomic mass is 9.84. The van der Waals surface area contributed by atoms with Gasteiger partial charge in [-0.3, -0.25) is 0 Å². The Kier molecular flexibility index (Phi) is 4.40. The van der Waals surface area contributed by atoms with Gasteiger partial charge in [0.15, 0.2) is 0 Å². The van der Waals surface area contributed by atoms with Crippen LogP contribution in [0.15, 0.2) is 53.4 Å². The van der Waals surface area contributed by atoms with Crippen molar-refractivity contribution in [2.45, 2.75) is 61.9 Å². The van der Waals surface area contributed by atoms with Crippen molar-refractivity contribution in [3.05, 3.63) is 65.5 Å². The summed E-state index contributed by atoms with van der Waals surface area (Å²) in [6, 6.07) is 13.4. The topological polar surface area (TPSA) is 37.4 Å². The Bertz CT molecular complexity index is 902. The van der Waals surface area contributed by atoms with Crippen LogP contribution in [0.5, 0.6) is 0 Å². The van der Waals surface area contributed by atoms with Gasteiger partial charge in [-0.1, -0.05) is 44.0 Å². The fourth-order valence-electron chi connectivity index (χ4n) is 4.82. The molecule has 5 heteroatoms. The van der Waals surface area contributed by atoms with Crippen LogP contribution in [0.25, 0.3) is 0 Å². The van der Waals surface area contributed by atoms with E-state index < -0.39 is 15.8 Å². The maximum atomic E-state index is 13.5. The summed E-state index contributed by atoms with van der Waals surface area (Å²) in [7, 11) is -3.69. The van der Waals surface area contributed by atoms with Crippen molar-refractivity contribution in [3.8, 4) is 0 Å². The van der Waals surface area contributed by atoms with Crippen LogP contribution >= 0.6 is 0 Å². The molecule has 3 nitrogen and oxygen atoms in total.